The minimum atomic E-state index is -0.313. The summed E-state index contributed by atoms with van der Waals surface area (Å²) >= 11 is 1.23. The fraction of sp³-hybridized carbons (Fsp3) is 0.160. The Bertz CT molecular complexity index is 1180. The minimum Gasteiger partial charge on any atom is -0.350 e. The molecule has 33 heavy (non-hydrogen) atoms. The van der Waals surface area contributed by atoms with E-state index in [2.05, 4.69) is 14.7 Å². The molecule has 1 N–H and O–H groups in total. The topological polar surface area (TPSA) is 58.1 Å². The lowest BCUT2D eigenvalue weighted by atomic mass is 10.1. The maximum atomic E-state index is 13.2. The first-order valence-corrected chi connectivity index (χ1v) is 11.2. The highest BCUT2D eigenvalue weighted by molar-refractivity contribution is 7.09. The Morgan fingerprint density at radius 1 is 0.848 bits per heavy atom. The van der Waals surface area contributed by atoms with Gasteiger partial charge in [0.2, 0.25) is 11.0 Å². The lowest BCUT2D eigenvalue weighted by Gasteiger charge is -2.21. The second-order valence-corrected chi connectivity index (χ2v) is 8.27. The lowest BCUT2D eigenvalue weighted by Crippen LogP contribution is -2.36. The molecule has 0 aliphatic rings. The quantitative estimate of drug-likeness (QED) is 0.389. The molecule has 0 saturated carbocycles. The Morgan fingerprint density at radius 3 is 2.15 bits per heavy atom. The van der Waals surface area contributed by atoms with Crippen LogP contribution in [0.3, 0.4) is 0 Å². The molecule has 0 atom stereocenters. The van der Waals surface area contributed by atoms with Crippen LogP contribution in [0.25, 0.3) is 0 Å². The summed E-state index contributed by atoms with van der Waals surface area (Å²) in [6, 6.07) is 22.1. The molecular formula is C25H22F2N4OS. The van der Waals surface area contributed by atoms with E-state index in [-0.39, 0.29) is 24.1 Å². The maximum absolute atomic E-state index is 13.2. The molecule has 4 rings (SSSR count). The van der Waals surface area contributed by atoms with E-state index >= 15 is 0 Å². The number of hydrogen-bond donors (Lipinski definition) is 1. The van der Waals surface area contributed by atoms with E-state index in [0.29, 0.717) is 30.5 Å². The predicted molar refractivity (Wildman–Crippen MR) is 125 cm³/mol. The summed E-state index contributed by atoms with van der Waals surface area (Å²) in [5.41, 5.74) is 2.77. The van der Waals surface area contributed by atoms with Gasteiger partial charge in [0.15, 0.2) is 0 Å². The first kappa shape index (κ1) is 22.5. The number of carbonyl (C=O) groups is 1. The van der Waals surface area contributed by atoms with Gasteiger partial charge in [0.05, 0.1) is 6.54 Å². The Kier molecular flexibility index (Phi) is 7.36. The van der Waals surface area contributed by atoms with Crippen LogP contribution in [0, 0.1) is 11.6 Å². The SMILES string of the molecule is O=C(CN(Cc1ccccc1)c1nc(Cc2ccc(F)cc2)ns1)NCc1ccc(F)cc1. The van der Waals surface area contributed by atoms with Gasteiger partial charge in [0.25, 0.3) is 0 Å². The molecule has 0 aliphatic carbocycles. The number of benzene rings is 3. The van der Waals surface area contributed by atoms with Crippen molar-refractivity contribution in [2.24, 2.45) is 0 Å². The smallest absolute Gasteiger partial charge is 0.239 e. The second kappa shape index (κ2) is 10.8. The lowest BCUT2D eigenvalue weighted by molar-refractivity contribution is -0.119. The number of carbonyl (C=O) groups excluding carboxylic acids is 1. The molecule has 168 valence electrons. The number of amides is 1. The molecule has 8 heteroatoms. The summed E-state index contributed by atoms with van der Waals surface area (Å²) in [5.74, 6) is -0.157. The van der Waals surface area contributed by atoms with Crippen LogP contribution < -0.4 is 10.2 Å². The van der Waals surface area contributed by atoms with Crippen molar-refractivity contribution < 1.29 is 13.6 Å². The highest BCUT2D eigenvalue weighted by atomic mass is 32.1. The predicted octanol–water partition coefficient (Wildman–Crippen LogP) is 4.73. The number of hydrogen-bond acceptors (Lipinski definition) is 5. The molecule has 1 aromatic heterocycles. The number of anilines is 1. The molecule has 1 heterocycles. The van der Waals surface area contributed by atoms with Gasteiger partial charge in [-0.15, -0.1) is 0 Å². The molecule has 4 aromatic rings. The van der Waals surface area contributed by atoms with Gasteiger partial charge in [-0.2, -0.15) is 4.37 Å². The van der Waals surface area contributed by atoms with Crippen LogP contribution >= 0.6 is 11.5 Å². The van der Waals surface area contributed by atoms with Crippen molar-refractivity contribution in [2.45, 2.75) is 19.5 Å². The molecule has 0 bridgehead atoms. The van der Waals surface area contributed by atoms with Gasteiger partial charge in [-0.3, -0.25) is 4.79 Å². The van der Waals surface area contributed by atoms with Crippen LogP contribution in [-0.2, 0) is 24.3 Å². The van der Waals surface area contributed by atoms with E-state index in [4.69, 9.17) is 0 Å². The highest BCUT2D eigenvalue weighted by Crippen LogP contribution is 2.21. The van der Waals surface area contributed by atoms with Gasteiger partial charge in [0.1, 0.15) is 17.5 Å². The van der Waals surface area contributed by atoms with Crippen LogP contribution in [0.2, 0.25) is 0 Å². The van der Waals surface area contributed by atoms with E-state index in [1.165, 1.54) is 35.8 Å². The zero-order valence-corrected chi connectivity index (χ0v) is 18.6. The average Bonchev–Trinajstić information content (AvgIpc) is 3.29. The van der Waals surface area contributed by atoms with Crippen molar-refractivity contribution in [1.82, 2.24) is 14.7 Å². The Balaban J connectivity index is 1.45. The molecule has 3 aromatic carbocycles. The summed E-state index contributed by atoms with van der Waals surface area (Å²) in [6.07, 6.45) is 0.479. The van der Waals surface area contributed by atoms with Crippen LogP contribution in [0.5, 0.6) is 0 Å². The molecular weight excluding hydrogens is 442 g/mol. The average molecular weight is 465 g/mol. The summed E-state index contributed by atoms with van der Waals surface area (Å²) in [7, 11) is 0. The molecule has 1 amide bonds. The van der Waals surface area contributed by atoms with Crippen LogP contribution in [0.15, 0.2) is 78.9 Å². The van der Waals surface area contributed by atoms with Gasteiger partial charge in [-0.1, -0.05) is 54.6 Å². The third kappa shape index (κ3) is 6.66. The molecule has 0 unspecified atom stereocenters. The summed E-state index contributed by atoms with van der Waals surface area (Å²) in [6.45, 7) is 0.904. The van der Waals surface area contributed by atoms with Crippen molar-refractivity contribution >= 4 is 22.6 Å². The van der Waals surface area contributed by atoms with E-state index < -0.39 is 0 Å². The van der Waals surface area contributed by atoms with Crippen molar-refractivity contribution in [2.75, 3.05) is 11.4 Å². The zero-order valence-electron chi connectivity index (χ0n) is 17.7. The number of nitrogens with one attached hydrogen (secondary N) is 1. The van der Waals surface area contributed by atoms with Gasteiger partial charge in [-0.25, -0.2) is 13.8 Å². The number of rotatable bonds is 9. The van der Waals surface area contributed by atoms with E-state index in [1.54, 1.807) is 24.3 Å². The first-order valence-electron chi connectivity index (χ1n) is 10.4. The second-order valence-electron chi connectivity index (χ2n) is 7.54. The standard InChI is InChI=1S/C25H22F2N4OS/c26-21-10-6-18(7-11-21)14-23-29-25(33-30-23)31(16-20-4-2-1-3-5-20)17-24(32)28-15-19-8-12-22(27)13-9-19/h1-13H,14-17H2,(H,28,32). The number of nitrogens with zero attached hydrogens (tertiary/aromatic N) is 3. The van der Waals surface area contributed by atoms with Crippen LogP contribution in [0.1, 0.15) is 22.5 Å². The van der Waals surface area contributed by atoms with Gasteiger partial charge < -0.3 is 10.2 Å². The monoisotopic (exact) mass is 464 g/mol. The van der Waals surface area contributed by atoms with Crippen molar-refractivity contribution in [3.05, 3.63) is 113 Å². The zero-order chi connectivity index (χ0) is 23.0. The van der Waals surface area contributed by atoms with E-state index in [0.717, 1.165) is 16.7 Å². The third-order valence-corrected chi connectivity index (χ3v) is 5.77. The van der Waals surface area contributed by atoms with E-state index in [9.17, 15) is 13.6 Å². The summed E-state index contributed by atoms with van der Waals surface area (Å²) in [5, 5.41) is 3.51. The number of halogens is 2. The molecule has 0 aliphatic heterocycles. The normalized spacial score (nSPS) is 10.7. The molecule has 0 spiro atoms. The Labute approximate surface area is 194 Å². The van der Waals surface area contributed by atoms with Crippen molar-refractivity contribution in [3.8, 4) is 0 Å². The fourth-order valence-electron chi connectivity index (χ4n) is 3.26. The largest absolute Gasteiger partial charge is 0.350 e. The maximum Gasteiger partial charge on any atom is 0.239 e. The van der Waals surface area contributed by atoms with Gasteiger partial charge >= 0.3 is 0 Å². The summed E-state index contributed by atoms with van der Waals surface area (Å²) in [4.78, 5) is 19.2. The summed E-state index contributed by atoms with van der Waals surface area (Å²) < 4.78 is 30.7. The van der Waals surface area contributed by atoms with E-state index in [1.807, 2.05) is 35.2 Å². The van der Waals surface area contributed by atoms with Gasteiger partial charge in [0, 0.05) is 31.0 Å². The molecule has 0 radical (unpaired) electrons. The molecule has 5 nitrogen and oxygen atoms in total. The van der Waals surface area contributed by atoms with Crippen molar-refractivity contribution in [3.63, 3.8) is 0 Å². The van der Waals surface area contributed by atoms with Crippen molar-refractivity contribution in [1.29, 1.82) is 0 Å². The van der Waals surface area contributed by atoms with Gasteiger partial charge in [-0.05, 0) is 41.0 Å². The molecule has 0 saturated heterocycles. The highest BCUT2D eigenvalue weighted by Gasteiger charge is 2.17. The Morgan fingerprint density at radius 2 is 1.48 bits per heavy atom. The van der Waals surface area contributed by atoms with Crippen LogP contribution in [-0.4, -0.2) is 21.8 Å². The van der Waals surface area contributed by atoms with Crippen LogP contribution in [0.4, 0.5) is 13.9 Å². The fourth-order valence-corrected chi connectivity index (χ4v) is 3.94. The number of aromatic nitrogens is 2. The Hall–Kier alpha value is -3.65. The third-order valence-electron chi connectivity index (χ3n) is 4.96. The molecule has 0 fully saturated rings. The minimum absolute atomic E-state index is 0.0985. The first-order chi connectivity index (χ1) is 16.0.